The number of aromatic nitrogens is 3. The molecule has 0 spiro atoms. The van der Waals surface area contributed by atoms with Crippen molar-refractivity contribution in [1.29, 1.82) is 0 Å². The molecule has 1 aliphatic heterocycles. The van der Waals surface area contributed by atoms with Gasteiger partial charge in [-0.2, -0.15) is 10.1 Å². The first-order valence-corrected chi connectivity index (χ1v) is 9.93. The summed E-state index contributed by atoms with van der Waals surface area (Å²) in [6.45, 7) is 4.25. The Hall–Kier alpha value is -3.14. The third-order valence-corrected chi connectivity index (χ3v) is 5.73. The van der Waals surface area contributed by atoms with Crippen molar-refractivity contribution in [2.45, 2.75) is 39.2 Å². The zero-order valence-electron chi connectivity index (χ0n) is 16.3. The van der Waals surface area contributed by atoms with Crippen molar-refractivity contribution in [3.05, 3.63) is 94.0 Å². The van der Waals surface area contributed by atoms with Gasteiger partial charge in [-0.1, -0.05) is 59.7 Å². The fourth-order valence-corrected chi connectivity index (χ4v) is 4.25. The van der Waals surface area contributed by atoms with Gasteiger partial charge in [0.05, 0.1) is 0 Å². The molecule has 4 nitrogen and oxygen atoms in total. The van der Waals surface area contributed by atoms with Crippen LogP contribution in [0, 0.1) is 13.8 Å². The van der Waals surface area contributed by atoms with E-state index in [-0.39, 0.29) is 6.04 Å². The molecular formula is C24H24N4. The van der Waals surface area contributed by atoms with Crippen molar-refractivity contribution in [3.63, 3.8) is 0 Å². The third-order valence-electron chi connectivity index (χ3n) is 5.73. The van der Waals surface area contributed by atoms with Gasteiger partial charge in [-0.25, -0.2) is 4.68 Å². The molecule has 3 aromatic rings. The Kier molecular flexibility index (Phi) is 4.12. The monoisotopic (exact) mass is 368 g/mol. The highest BCUT2D eigenvalue weighted by atomic mass is 15.4. The second-order valence-electron chi connectivity index (χ2n) is 7.80. The number of nitrogens with one attached hydrogen (secondary N) is 1. The quantitative estimate of drug-likeness (QED) is 0.656. The van der Waals surface area contributed by atoms with Crippen LogP contribution in [-0.4, -0.2) is 14.8 Å². The number of hydrogen-bond donors (Lipinski definition) is 1. The predicted octanol–water partition coefficient (Wildman–Crippen LogP) is 5.43. The van der Waals surface area contributed by atoms with Crippen molar-refractivity contribution in [3.8, 4) is 0 Å². The lowest BCUT2D eigenvalue weighted by Crippen LogP contribution is -2.28. The molecule has 0 saturated carbocycles. The second-order valence-corrected chi connectivity index (χ2v) is 7.80. The van der Waals surface area contributed by atoms with Crippen LogP contribution >= 0.6 is 0 Å². The molecule has 0 bridgehead atoms. The summed E-state index contributed by atoms with van der Waals surface area (Å²) in [7, 11) is 0. The summed E-state index contributed by atoms with van der Waals surface area (Å²) < 4.78 is 2.03. The van der Waals surface area contributed by atoms with Crippen molar-refractivity contribution >= 4 is 12.0 Å². The van der Waals surface area contributed by atoms with Crippen LogP contribution in [-0.2, 0) is 0 Å². The average Bonchev–Trinajstić information content (AvgIpc) is 3.17. The van der Waals surface area contributed by atoms with E-state index in [1.54, 1.807) is 6.33 Å². The molecule has 0 amide bonds. The van der Waals surface area contributed by atoms with E-state index in [1.165, 1.54) is 39.1 Å². The second kappa shape index (κ2) is 6.79. The molecule has 140 valence electrons. The van der Waals surface area contributed by atoms with E-state index in [9.17, 15) is 0 Å². The summed E-state index contributed by atoms with van der Waals surface area (Å²) in [5, 5.41) is 8.11. The molecule has 4 heteroatoms. The van der Waals surface area contributed by atoms with E-state index in [0.717, 1.165) is 25.2 Å². The predicted molar refractivity (Wildman–Crippen MR) is 113 cm³/mol. The van der Waals surface area contributed by atoms with Crippen LogP contribution in [0.5, 0.6) is 0 Å². The van der Waals surface area contributed by atoms with Gasteiger partial charge >= 0.3 is 0 Å². The summed E-state index contributed by atoms with van der Waals surface area (Å²) in [5.74, 6) is 0.820. The van der Waals surface area contributed by atoms with E-state index in [2.05, 4.69) is 83.9 Å². The molecule has 2 aliphatic rings. The molecule has 0 saturated heterocycles. The number of aryl methyl sites for hydroxylation is 2. The van der Waals surface area contributed by atoms with Crippen LogP contribution in [0.15, 0.2) is 71.7 Å². The Morgan fingerprint density at radius 2 is 1.68 bits per heavy atom. The van der Waals surface area contributed by atoms with Gasteiger partial charge in [0.2, 0.25) is 5.95 Å². The van der Waals surface area contributed by atoms with Crippen LogP contribution in [0.1, 0.15) is 47.6 Å². The molecule has 1 N–H and O–H groups in total. The van der Waals surface area contributed by atoms with E-state index in [0.29, 0.717) is 0 Å². The SMILES string of the molecule is Cc1ccc(/C=C2/CCCC3=C2Nc2ncnn2C3c2ccc(C)cc2)cc1. The van der Waals surface area contributed by atoms with Crippen LogP contribution in [0.3, 0.4) is 0 Å². The van der Waals surface area contributed by atoms with Crippen molar-refractivity contribution in [2.24, 2.45) is 0 Å². The molecule has 2 heterocycles. The lowest BCUT2D eigenvalue weighted by atomic mass is 9.83. The standard InChI is InChI=1S/C24H24N4/c1-16-6-10-18(11-7-16)14-20-4-3-5-21-22(20)27-24-25-15-26-28(24)23(21)19-12-8-17(2)9-13-19/h6-15,23H,3-5H2,1-2H3,(H,25,26,27)/b20-14-. The van der Waals surface area contributed by atoms with Crippen LogP contribution in [0.25, 0.3) is 6.08 Å². The van der Waals surface area contributed by atoms with E-state index in [1.807, 2.05) is 4.68 Å². The first-order chi connectivity index (χ1) is 13.7. The smallest absolute Gasteiger partial charge is 0.226 e. The number of hydrogen-bond acceptors (Lipinski definition) is 3. The number of rotatable bonds is 2. The molecule has 1 unspecified atom stereocenters. The van der Waals surface area contributed by atoms with Gasteiger partial charge < -0.3 is 5.32 Å². The summed E-state index contributed by atoms with van der Waals surface area (Å²) in [6.07, 6.45) is 7.27. The van der Waals surface area contributed by atoms with Gasteiger partial charge in [-0.05, 0) is 61.5 Å². The molecule has 1 aliphatic carbocycles. The Morgan fingerprint density at radius 3 is 2.43 bits per heavy atom. The molecule has 28 heavy (non-hydrogen) atoms. The Morgan fingerprint density at radius 1 is 0.964 bits per heavy atom. The van der Waals surface area contributed by atoms with Gasteiger partial charge in [0.1, 0.15) is 12.4 Å². The van der Waals surface area contributed by atoms with E-state index in [4.69, 9.17) is 0 Å². The molecule has 1 aromatic heterocycles. The zero-order valence-corrected chi connectivity index (χ0v) is 16.3. The van der Waals surface area contributed by atoms with Crippen LogP contribution < -0.4 is 5.32 Å². The maximum Gasteiger partial charge on any atom is 0.226 e. The fraction of sp³-hybridized carbons (Fsp3) is 0.250. The number of benzene rings is 2. The molecule has 2 aromatic carbocycles. The van der Waals surface area contributed by atoms with Crippen molar-refractivity contribution in [1.82, 2.24) is 14.8 Å². The topological polar surface area (TPSA) is 42.7 Å². The van der Waals surface area contributed by atoms with E-state index < -0.39 is 0 Å². The van der Waals surface area contributed by atoms with Gasteiger partial charge in [0, 0.05) is 5.70 Å². The highest BCUT2D eigenvalue weighted by Crippen LogP contribution is 2.43. The number of allylic oxidation sites excluding steroid dienone is 2. The highest BCUT2D eigenvalue weighted by Gasteiger charge is 2.33. The lowest BCUT2D eigenvalue weighted by molar-refractivity contribution is 0.538. The minimum atomic E-state index is 0.107. The fourth-order valence-electron chi connectivity index (χ4n) is 4.25. The van der Waals surface area contributed by atoms with Gasteiger partial charge in [-0.15, -0.1) is 0 Å². The van der Waals surface area contributed by atoms with Crippen molar-refractivity contribution in [2.75, 3.05) is 5.32 Å². The Labute approximate surface area is 165 Å². The van der Waals surface area contributed by atoms with Crippen molar-refractivity contribution < 1.29 is 0 Å². The minimum Gasteiger partial charge on any atom is -0.324 e. The molecular weight excluding hydrogens is 344 g/mol. The molecule has 1 atom stereocenters. The van der Waals surface area contributed by atoms with Crippen LogP contribution in [0.2, 0.25) is 0 Å². The lowest BCUT2D eigenvalue weighted by Gasteiger charge is -2.34. The third kappa shape index (κ3) is 2.95. The Bertz CT molecular complexity index is 1070. The maximum atomic E-state index is 4.54. The summed E-state index contributed by atoms with van der Waals surface area (Å²) in [4.78, 5) is 4.47. The number of nitrogens with zero attached hydrogens (tertiary/aromatic N) is 3. The zero-order chi connectivity index (χ0) is 19.1. The number of fused-ring (bicyclic) bond motifs is 1. The molecule has 0 fully saturated rings. The van der Waals surface area contributed by atoms with Gasteiger partial charge in [-0.3, -0.25) is 0 Å². The highest BCUT2D eigenvalue weighted by molar-refractivity contribution is 5.65. The Balaban J connectivity index is 1.63. The first-order valence-electron chi connectivity index (χ1n) is 9.93. The summed E-state index contributed by atoms with van der Waals surface area (Å²) in [6, 6.07) is 17.6. The van der Waals surface area contributed by atoms with Crippen LogP contribution in [0.4, 0.5) is 5.95 Å². The molecule has 5 rings (SSSR count). The normalized spacial score (nSPS) is 19.9. The van der Waals surface area contributed by atoms with Gasteiger partial charge in [0.15, 0.2) is 0 Å². The summed E-state index contributed by atoms with van der Waals surface area (Å²) >= 11 is 0. The first kappa shape index (κ1) is 17.0. The van der Waals surface area contributed by atoms with E-state index >= 15 is 0 Å². The number of anilines is 1. The largest absolute Gasteiger partial charge is 0.324 e. The van der Waals surface area contributed by atoms with Gasteiger partial charge in [0.25, 0.3) is 0 Å². The minimum absolute atomic E-state index is 0.107. The average molecular weight is 368 g/mol. The molecule has 0 radical (unpaired) electrons. The maximum absolute atomic E-state index is 4.54. The summed E-state index contributed by atoms with van der Waals surface area (Å²) in [5.41, 5.74) is 9.07.